The zero-order valence-electron chi connectivity index (χ0n) is 11.4. The van der Waals surface area contributed by atoms with Gasteiger partial charge < -0.3 is 10.1 Å². The number of halogens is 4. The van der Waals surface area contributed by atoms with Gasteiger partial charge >= 0.3 is 5.97 Å². The molecule has 2 aromatic rings. The van der Waals surface area contributed by atoms with Crippen LogP contribution in [0.25, 0.3) is 0 Å². The van der Waals surface area contributed by atoms with E-state index >= 15 is 0 Å². The van der Waals surface area contributed by atoms with Crippen LogP contribution in [0.5, 0.6) is 0 Å². The molecule has 0 unspecified atom stereocenters. The fourth-order valence-corrected chi connectivity index (χ4v) is 2.53. The summed E-state index contributed by atoms with van der Waals surface area (Å²) in [6.45, 7) is -0.558. The highest BCUT2D eigenvalue weighted by atomic mass is 79.9. The molecule has 120 valence electrons. The first-order valence-corrected chi connectivity index (χ1v) is 8.20. The lowest BCUT2D eigenvalue weighted by molar-refractivity contribution is -0.119. The molecule has 8 heteroatoms. The lowest BCUT2D eigenvalue weighted by Gasteiger charge is -2.08. The number of ether oxygens (including phenoxy) is 1. The maximum atomic E-state index is 13.6. The first-order valence-electron chi connectivity index (χ1n) is 6.24. The second-order valence-electron chi connectivity index (χ2n) is 4.37. The Morgan fingerprint density at radius 3 is 2.48 bits per heavy atom. The molecule has 4 nitrogen and oxygen atoms in total. The summed E-state index contributed by atoms with van der Waals surface area (Å²) in [6.07, 6.45) is 0. The Labute approximate surface area is 153 Å². The third-order valence-corrected chi connectivity index (χ3v) is 4.00. The molecule has 0 spiro atoms. The zero-order valence-corrected chi connectivity index (χ0v) is 15.3. The Morgan fingerprint density at radius 2 is 1.78 bits per heavy atom. The number of amides is 1. The Bertz CT molecular complexity index is 770. The smallest absolute Gasteiger partial charge is 0.340 e. The lowest BCUT2D eigenvalue weighted by Crippen LogP contribution is -2.21. The third kappa shape index (κ3) is 5.02. The standard InChI is InChI=1S/C15H9Br2ClFNO3/c16-8-1-3-11(18)10(5-8)15(22)23-7-14(21)20-13-4-2-9(17)6-12(13)19/h1-6H,7H2,(H,20,21). The molecule has 1 N–H and O–H groups in total. The first kappa shape index (κ1) is 17.9. The monoisotopic (exact) mass is 463 g/mol. The number of rotatable bonds is 4. The fraction of sp³-hybridized carbons (Fsp3) is 0.0667. The molecule has 0 saturated heterocycles. The number of hydrogen-bond donors (Lipinski definition) is 1. The van der Waals surface area contributed by atoms with E-state index in [1.807, 2.05) is 0 Å². The van der Waals surface area contributed by atoms with Gasteiger partial charge in [-0.25, -0.2) is 9.18 Å². The van der Waals surface area contributed by atoms with Crippen LogP contribution < -0.4 is 5.32 Å². The number of benzene rings is 2. The fourth-order valence-electron chi connectivity index (χ4n) is 1.64. The zero-order chi connectivity index (χ0) is 17.0. The second-order valence-corrected chi connectivity index (χ2v) is 6.61. The summed E-state index contributed by atoms with van der Waals surface area (Å²) in [4.78, 5) is 23.6. The Morgan fingerprint density at radius 1 is 1.13 bits per heavy atom. The minimum absolute atomic E-state index is 0.00487. The van der Waals surface area contributed by atoms with Gasteiger partial charge in [0, 0.05) is 8.95 Å². The van der Waals surface area contributed by atoms with Crippen molar-refractivity contribution < 1.29 is 18.7 Å². The number of carbonyl (C=O) groups excluding carboxylic acids is 2. The molecule has 0 bridgehead atoms. The number of esters is 1. The molecule has 1 amide bonds. The van der Waals surface area contributed by atoms with Crippen molar-refractivity contribution in [2.45, 2.75) is 0 Å². The third-order valence-electron chi connectivity index (χ3n) is 2.69. The van der Waals surface area contributed by atoms with Crippen LogP contribution in [0.3, 0.4) is 0 Å². The van der Waals surface area contributed by atoms with Gasteiger partial charge in [-0.3, -0.25) is 4.79 Å². The van der Waals surface area contributed by atoms with Crippen LogP contribution in [0.4, 0.5) is 10.1 Å². The van der Waals surface area contributed by atoms with Crippen LogP contribution in [-0.2, 0) is 9.53 Å². The van der Waals surface area contributed by atoms with E-state index in [0.29, 0.717) is 8.95 Å². The molecule has 2 rings (SSSR count). The highest BCUT2D eigenvalue weighted by molar-refractivity contribution is 9.10. The predicted octanol–water partition coefficient (Wildman–Crippen LogP) is 4.80. The Balaban J connectivity index is 1.96. The number of nitrogens with one attached hydrogen (secondary N) is 1. The lowest BCUT2D eigenvalue weighted by atomic mass is 10.2. The van der Waals surface area contributed by atoms with Crippen molar-refractivity contribution >= 4 is 61.0 Å². The minimum Gasteiger partial charge on any atom is -0.452 e. The molecule has 0 fully saturated rings. The molecule has 0 saturated carbocycles. The van der Waals surface area contributed by atoms with E-state index in [0.717, 1.165) is 0 Å². The van der Waals surface area contributed by atoms with Crippen molar-refractivity contribution in [2.75, 3.05) is 11.9 Å². The van der Waals surface area contributed by atoms with Gasteiger partial charge in [-0.1, -0.05) is 43.5 Å². The van der Waals surface area contributed by atoms with Crippen molar-refractivity contribution in [3.63, 3.8) is 0 Å². The van der Waals surface area contributed by atoms with Gasteiger partial charge in [0.1, 0.15) is 5.82 Å². The summed E-state index contributed by atoms with van der Waals surface area (Å²) >= 11 is 12.2. The van der Waals surface area contributed by atoms with Crippen molar-refractivity contribution in [2.24, 2.45) is 0 Å². The summed E-state index contributed by atoms with van der Waals surface area (Å²) in [5, 5.41) is 2.52. The van der Waals surface area contributed by atoms with Gasteiger partial charge in [0.15, 0.2) is 6.61 Å². The van der Waals surface area contributed by atoms with Crippen LogP contribution in [-0.4, -0.2) is 18.5 Å². The van der Waals surface area contributed by atoms with Gasteiger partial charge in [0.25, 0.3) is 5.91 Å². The normalized spacial score (nSPS) is 10.3. The molecule has 0 radical (unpaired) electrons. The van der Waals surface area contributed by atoms with E-state index in [2.05, 4.69) is 37.2 Å². The SMILES string of the molecule is O=C(COC(=O)c1cc(Br)ccc1Cl)Nc1ccc(Br)cc1F. The van der Waals surface area contributed by atoms with Gasteiger partial charge in [-0.05, 0) is 36.4 Å². The topological polar surface area (TPSA) is 55.4 Å². The first-order chi connectivity index (χ1) is 10.9. The van der Waals surface area contributed by atoms with Gasteiger partial charge in [0.05, 0.1) is 16.3 Å². The van der Waals surface area contributed by atoms with Gasteiger partial charge in [-0.2, -0.15) is 0 Å². The highest BCUT2D eigenvalue weighted by Crippen LogP contribution is 2.22. The maximum absolute atomic E-state index is 13.6. The Kier molecular flexibility index (Phi) is 6.15. The summed E-state index contributed by atoms with van der Waals surface area (Å²) in [6, 6.07) is 8.86. The highest BCUT2D eigenvalue weighted by Gasteiger charge is 2.15. The molecule has 0 aromatic heterocycles. The molecule has 0 aliphatic rings. The molecule has 2 aromatic carbocycles. The van der Waals surface area contributed by atoms with Crippen LogP contribution in [0.15, 0.2) is 45.3 Å². The number of anilines is 1. The van der Waals surface area contributed by atoms with Crippen molar-refractivity contribution in [3.05, 3.63) is 61.7 Å². The average Bonchev–Trinajstić information content (AvgIpc) is 2.50. The molecular weight excluding hydrogens is 456 g/mol. The van der Waals surface area contributed by atoms with Crippen molar-refractivity contribution in [3.8, 4) is 0 Å². The van der Waals surface area contributed by atoms with Crippen LogP contribution >= 0.6 is 43.5 Å². The summed E-state index contributed by atoms with van der Waals surface area (Å²) in [7, 11) is 0. The molecular formula is C15H9Br2ClFNO3. The van der Waals surface area contributed by atoms with Crippen molar-refractivity contribution in [1.29, 1.82) is 0 Å². The maximum Gasteiger partial charge on any atom is 0.340 e. The minimum atomic E-state index is -0.747. The molecule has 0 heterocycles. The predicted molar refractivity (Wildman–Crippen MR) is 92.2 cm³/mol. The Hall–Kier alpha value is -1.44. The second kappa shape index (κ2) is 7.90. The van der Waals surface area contributed by atoms with E-state index in [9.17, 15) is 14.0 Å². The molecule has 0 aliphatic heterocycles. The molecule has 0 atom stereocenters. The number of hydrogen-bond acceptors (Lipinski definition) is 3. The van der Waals surface area contributed by atoms with E-state index in [4.69, 9.17) is 16.3 Å². The van der Waals surface area contributed by atoms with E-state index in [1.165, 1.54) is 24.3 Å². The van der Waals surface area contributed by atoms with Crippen molar-refractivity contribution in [1.82, 2.24) is 0 Å². The summed E-state index contributed by atoms with van der Waals surface area (Å²) in [5.74, 6) is -2.01. The number of carbonyl (C=O) groups is 2. The summed E-state index contributed by atoms with van der Waals surface area (Å²) < 4.78 is 19.7. The summed E-state index contributed by atoms with van der Waals surface area (Å²) in [5.41, 5.74) is 0.124. The van der Waals surface area contributed by atoms with E-state index < -0.39 is 24.3 Å². The van der Waals surface area contributed by atoms with Crippen LogP contribution in [0, 0.1) is 5.82 Å². The quantitative estimate of drug-likeness (QED) is 0.660. The average molecular weight is 466 g/mol. The van der Waals surface area contributed by atoms with E-state index in [-0.39, 0.29) is 16.3 Å². The van der Waals surface area contributed by atoms with Crippen LogP contribution in [0.1, 0.15) is 10.4 Å². The van der Waals surface area contributed by atoms with E-state index in [1.54, 1.807) is 12.1 Å². The molecule has 23 heavy (non-hydrogen) atoms. The molecule has 0 aliphatic carbocycles. The van der Waals surface area contributed by atoms with Gasteiger partial charge in [0.2, 0.25) is 0 Å². The largest absolute Gasteiger partial charge is 0.452 e. The van der Waals surface area contributed by atoms with Crippen LogP contribution in [0.2, 0.25) is 5.02 Å². The van der Waals surface area contributed by atoms with Gasteiger partial charge in [-0.15, -0.1) is 0 Å².